The zero-order valence-corrected chi connectivity index (χ0v) is 9.00. The Kier molecular flexibility index (Phi) is 3.10. The van der Waals surface area contributed by atoms with E-state index in [2.05, 4.69) is 15.8 Å². The van der Waals surface area contributed by atoms with E-state index >= 15 is 0 Å². The standard InChI is InChI=1S/C11H11ClN2O/c1-2-10-7-9(12)8-11(13-10)14-3-5-15-6-4-14/h1,7-8H,3-6H2. The molecule has 0 N–H and O–H groups in total. The van der Waals surface area contributed by atoms with Crippen molar-refractivity contribution in [1.82, 2.24) is 4.98 Å². The molecule has 0 radical (unpaired) electrons. The van der Waals surface area contributed by atoms with Crippen LogP contribution in [0.3, 0.4) is 0 Å². The van der Waals surface area contributed by atoms with Crippen molar-refractivity contribution in [3.8, 4) is 12.3 Å². The number of ether oxygens (including phenoxy) is 1. The molecule has 0 amide bonds. The molecular weight excluding hydrogens is 212 g/mol. The number of hydrogen-bond acceptors (Lipinski definition) is 3. The Morgan fingerprint density at radius 1 is 1.40 bits per heavy atom. The first-order chi connectivity index (χ1) is 7.29. The second-order valence-electron chi connectivity index (χ2n) is 3.27. The summed E-state index contributed by atoms with van der Waals surface area (Å²) in [4.78, 5) is 6.45. The van der Waals surface area contributed by atoms with Crippen LogP contribution < -0.4 is 4.90 Å². The third-order valence-electron chi connectivity index (χ3n) is 2.26. The molecule has 1 aromatic heterocycles. The fraction of sp³-hybridized carbons (Fsp3) is 0.364. The van der Waals surface area contributed by atoms with Gasteiger partial charge in [0, 0.05) is 18.1 Å². The SMILES string of the molecule is C#Cc1cc(Cl)cc(N2CCOCC2)n1. The number of morpholine rings is 1. The van der Waals surface area contributed by atoms with E-state index in [1.165, 1.54) is 0 Å². The number of halogens is 1. The van der Waals surface area contributed by atoms with Crippen LogP contribution in [0.2, 0.25) is 5.02 Å². The van der Waals surface area contributed by atoms with Gasteiger partial charge in [-0.2, -0.15) is 0 Å². The molecule has 0 bridgehead atoms. The lowest BCUT2D eigenvalue weighted by Gasteiger charge is -2.27. The second kappa shape index (κ2) is 4.52. The molecule has 3 nitrogen and oxygen atoms in total. The van der Waals surface area contributed by atoms with Gasteiger partial charge >= 0.3 is 0 Å². The monoisotopic (exact) mass is 222 g/mol. The molecular formula is C11H11ClN2O. The van der Waals surface area contributed by atoms with Crippen molar-refractivity contribution in [2.24, 2.45) is 0 Å². The third-order valence-corrected chi connectivity index (χ3v) is 2.48. The van der Waals surface area contributed by atoms with Crippen LogP contribution in [0.15, 0.2) is 12.1 Å². The van der Waals surface area contributed by atoms with Gasteiger partial charge in [0.05, 0.1) is 13.2 Å². The predicted molar refractivity (Wildman–Crippen MR) is 60.2 cm³/mol. The summed E-state index contributed by atoms with van der Waals surface area (Å²) in [5.41, 5.74) is 0.573. The Bertz CT molecular complexity index is 394. The minimum atomic E-state index is 0.573. The first-order valence-electron chi connectivity index (χ1n) is 4.76. The number of rotatable bonds is 1. The smallest absolute Gasteiger partial charge is 0.131 e. The first-order valence-corrected chi connectivity index (χ1v) is 5.14. The highest BCUT2D eigenvalue weighted by atomic mass is 35.5. The first kappa shape index (κ1) is 10.3. The lowest BCUT2D eigenvalue weighted by Crippen LogP contribution is -2.36. The molecule has 1 fully saturated rings. The average Bonchev–Trinajstić information content (AvgIpc) is 2.29. The molecule has 1 aromatic rings. The highest BCUT2D eigenvalue weighted by molar-refractivity contribution is 6.30. The van der Waals surface area contributed by atoms with Gasteiger partial charge < -0.3 is 9.64 Å². The van der Waals surface area contributed by atoms with Crippen molar-refractivity contribution in [3.63, 3.8) is 0 Å². The molecule has 4 heteroatoms. The topological polar surface area (TPSA) is 25.4 Å². The van der Waals surface area contributed by atoms with E-state index in [1.54, 1.807) is 6.07 Å². The van der Waals surface area contributed by atoms with Gasteiger partial charge in [-0.15, -0.1) is 6.42 Å². The van der Waals surface area contributed by atoms with Crippen molar-refractivity contribution in [2.45, 2.75) is 0 Å². The van der Waals surface area contributed by atoms with Gasteiger partial charge in [-0.3, -0.25) is 0 Å². The molecule has 2 rings (SSSR count). The summed E-state index contributed by atoms with van der Waals surface area (Å²) in [6, 6.07) is 3.51. The second-order valence-corrected chi connectivity index (χ2v) is 3.71. The van der Waals surface area contributed by atoms with E-state index in [0.717, 1.165) is 32.1 Å². The third kappa shape index (κ3) is 2.41. The number of nitrogens with zero attached hydrogens (tertiary/aromatic N) is 2. The fourth-order valence-corrected chi connectivity index (χ4v) is 1.71. The largest absolute Gasteiger partial charge is 0.378 e. The Morgan fingerprint density at radius 2 is 2.13 bits per heavy atom. The molecule has 1 saturated heterocycles. The summed E-state index contributed by atoms with van der Waals surface area (Å²) in [6.07, 6.45) is 5.30. The number of aromatic nitrogens is 1. The van der Waals surface area contributed by atoms with Gasteiger partial charge in [0.25, 0.3) is 0 Å². The van der Waals surface area contributed by atoms with Crippen LogP contribution in [0.1, 0.15) is 5.69 Å². The summed E-state index contributed by atoms with van der Waals surface area (Å²) >= 11 is 5.95. The highest BCUT2D eigenvalue weighted by Gasteiger charge is 2.13. The molecule has 78 valence electrons. The number of hydrogen-bond donors (Lipinski definition) is 0. The lowest BCUT2D eigenvalue weighted by molar-refractivity contribution is 0.122. The zero-order valence-electron chi connectivity index (χ0n) is 8.24. The quantitative estimate of drug-likeness (QED) is 0.675. The summed E-state index contributed by atoms with van der Waals surface area (Å²) in [7, 11) is 0. The maximum Gasteiger partial charge on any atom is 0.131 e. The molecule has 0 atom stereocenters. The Labute approximate surface area is 94.0 Å². The van der Waals surface area contributed by atoms with Gasteiger partial charge in [-0.05, 0) is 12.1 Å². The van der Waals surface area contributed by atoms with Crippen molar-refractivity contribution >= 4 is 17.4 Å². The minimum absolute atomic E-state index is 0.573. The van der Waals surface area contributed by atoms with E-state index in [4.69, 9.17) is 22.8 Å². The summed E-state index contributed by atoms with van der Waals surface area (Å²) in [5.74, 6) is 3.33. The van der Waals surface area contributed by atoms with Crippen LogP contribution in [0.5, 0.6) is 0 Å². The van der Waals surface area contributed by atoms with Crippen molar-refractivity contribution < 1.29 is 4.74 Å². The number of anilines is 1. The predicted octanol–water partition coefficient (Wildman–Crippen LogP) is 1.55. The molecule has 0 aliphatic carbocycles. The van der Waals surface area contributed by atoms with Gasteiger partial charge in [0.2, 0.25) is 0 Å². The number of pyridine rings is 1. The summed E-state index contributed by atoms with van der Waals surface area (Å²) < 4.78 is 5.27. The van der Waals surface area contributed by atoms with Crippen molar-refractivity contribution in [3.05, 3.63) is 22.8 Å². The number of terminal acetylenes is 1. The van der Waals surface area contributed by atoms with Crippen LogP contribution in [0.4, 0.5) is 5.82 Å². The molecule has 15 heavy (non-hydrogen) atoms. The lowest BCUT2D eigenvalue weighted by atomic mass is 10.3. The zero-order chi connectivity index (χ0) is 10.7. The molecule has 0 saturated carbocycles. The van der Waals surface area contributed by atoms with Gasteiger partial charge in [-0.1, -0.05) is 17.5 Å². The van der Waals surface area contributed by atoms with E-state index < -0.39 is 0 Å². The van der Waals surface area contributed by atoms with E-state index in [-0.39, 0.29) is 0 Å². The Morgan fingerprint density at radius 3 is 2.80 bits per heavy atom. The Balaban J connectivity index is 2.27. The van der Waals surface area contributed by atoms with E-state index in [9.17, 15) is 0 Å². The van der Waals surface area contributed by atoms with Crippen molar-refractivity contribution in [1.29, 1.82) is 0 Å². The van der Waals surface area contributed by atoms with Crippen LogP contribution >= 0.6 is 11.6 Å². The Hall–Kier alpha value is -1.24. The molecule has 2 heterocycles. The minimum Gasteiger partial charge on any atom is -0.378 e. The summed E-state index contributed by atoms with van der Waals surface area (Å²) in [6.45, 7) is 3.11. The van der Waals surface area contributed by atoms with Gasteiger partial charge in [-0.25, -0.2) is 4.98 Å². The van der Waals surface area contributed by atoms with Crippen molar-refractivity contribution in [2.75, 3.05) is 31.2 Å². The average molecular weight is 223 g/mol. The van der Waals surface area contributed by atoms with Gasteiger partial charge in [0.1, 0.15) is 11.5 Å². The van der Waals surface area contributed by atoms with E-state index in [0.29, 0.717) is 10.7 Å². The molecule has 0 spiro atoms. The molecule has 1 aliphatic rings. The maximum absolute atomic E-state index is 5.95. The van der Waals surface area contributed by atoms with Gasteiger partial charge in [0.15, 0.2) is 0 Å². The van der Waals surface area contributed by atoms with Crippen LogP contribution in [0.25, 0.3) is 0 Å². The van der Waals surface area contributed by atoms with Crippen LogP contribution in [-0.2, 0) is 4.74 Å². The normalized spacial score (nSPS) is 16.1. The molecule has 1 aliphatic heterocycles. The van der Waals surface area contributed by atoms with E-state index in [1.807, 2.05) is 6.07 Å². The molecule has 0 aromatic carbocycles. The maximum atomic E-state index is 5.95. The van der Waals surface area contributed by atoms with Crippen LogP contribution in [0, 0.1) is 12.3 Å². The fourth-order valence-electron chi connectivity index (χ4n) is 1.51. The summed E-state index contributed by atoms with van der Waals surface area (Å²) in [5, 5.41) is 0.624. The van der Waals surface area contributed by atoms with Crippen LogP contribution in [-0.4, -0.2) is 31.3 Å². The highest BCUT2D eigenvalue weighted by Crippen LogP contribution is 2.19. The molecule has 0 unspecified atom stereocenters.